The minimum Gasteiger partial charge on any atom is -0.353 e. The summed E-state index contributed by atoms with van der Waals surface area (Å²) in [6.45, 7) is 1.99. The fourth-order valence-electron chi connectivity index (χ4n) is 1.97. The van der Waals surface area contributed by atoms with Gasteiger partial charge in [0.15, 0.2) is 0 Å². The summed E-state index contributed by atoms with van der Waals surface area (Å²) in [4.78, 5) is 11.3. The topological polar surface area (TPSA) is 29.1 Å². The van der Waals surface area contributed by atoms with Crippen LogP contribution >= 0.6 is 0 Å². The molecule has 2 unspecified atom stereocenters. The van der Waals surface area contributed by atoms with Crippen LogP contribution in [0.3, 0.4) is 0 Å². The molecule has 14 heavy (non-hydrogen) atoms. The zero-order valence-electron chi connectivity index (χ0n) is 8.36. The molecule has 2 atom stereocenters. The molecule has 1 aliphatic heterocycles. The van der Waals surface area contributed by atoms with Crippen LogP contribution in [0.25, 0.3) is 0 Å². The van der Waals surface area contributed by atoms with Gasteiger partial charge in [-0.25, -0.2) is 0 Å². The zero-order valence-corrected chi connectivity index (χ0v) is 8.36. The first-order valence-electron chi connectivity index (χ1n) is 5.10. The van der Waals surface area contributed by atoms with E-state index in [1.807, 2.05) is 25.1 Å². The third-order valence-electron chi connectivity index (χ3n) is 2.76. The van der Waals surface area contributed by atoms with E-state index >= 15 is 0 Å². The Morgan fingerprint density at radius 1 is 1.36 bits per heavy atom. The zero-order chi connectivity index (χ0) is 9.97. The van der Waals surface area contributed by atoms with Gasteiger partial charge in [-0.05, 0) is 18.4 Å². The normalized spacial score (nSPS) is 26.2. The van der Waals surface area contributed by atoms with Crippen LogP contribution in [0.5, 0.6) is 0 Å². The van der Waals surface area contributed by atoms with Gasteiger partial charge in [-0.2, -0.15) is 0 Å². The van der Waals surface area contributed by atoms with Crippen molar-refractivity contribution in [2.75, 3.05) is 0 Å². The maximum Gasteiger partial charge on any atom is 0.223 e. The van der Waals surface area contributed by atoms with Crippen LogP contribution in [0, 0.1) is 5.92 Å². The van der Waals surface area contributed by atoms with Gasteiger partial charge >= 0.3 is 0 Å². The van der Waals surface area contributed by atoms with Crippen molar-refractivity contribution in [2.45, 2.75) is 25.8 Å². The Balaban J connectivity index is 1.97. The van der Waals surface area contributed by atoms with Crippen molar-refractivity contribution in [1.29, 1.82) is 0 Å². The first-order valence-corrected chi connectivity index (χ1v) is 5.10. The molecule has 1 saturated heterocycles. The predicted molar refractivity (Wildman–Crippen MR) is 55.9 cm³/mol. The van der Waals surface area contributed by atoms with Crippen LogP contribution in [0.1, 0.15) is 18.9 Å². The maximum atomic E-state index is 11.3. The van der Waals surface area contributed by atoms with Crippen molar-refractivity contribution in [3.63, 3.8) is 0 Å². The predicted octanol–water partition coefficient (Wildman–Crippen LogP) is 1.75. The van der Waals surface area contributed by atoms with Gasteiger partial charge in [0, 0.05) is 12.0 Å². The van der Waals surface area contributed by atoms with Gasteiger partial charge in [-0.1, -0.05) is 37.3 Å². The summed E-state index contributed by atoms with van der Waals surface area (Å²) >= 11 is 0. The Kier molecular flexibility index (Phi) is 2.53. The van der Waals surface area contributed by atoms with Crippen LogP contribution in [0.2, 0.25) is 0 Å². The highest BCUT2D eigenvalue weighted by Crippen LogP contribution is 2.17. The summed E-state index contributed by atoms with van der Waals surface area (Å²) in [6, 6.07) is 10.6. The van der Waals surface area contributed by atoms with E-state index in [1.165, 1.54) is 5.56 Å². The highest BCUT2D eigenvalue weighted by molar-refractivity contribution is 5.80. The molecule has 0 radical (unpaired) electrons. The van der Waals surface area contributed by atoms with Gasteiger partial charge in [0.05, 0.1) is 0 Å². The lowest BCUT2D eigenvalue weighted by atomic mass is 10.0. The molecular formula is C12H15NO. The Labute approximate surface area is 84.3 Å². The molecule has 1 aromatic carbocycles. The van der Waals surface area contributed by atoms with Crippen LogP contribution < -0.4 is 5.32 Å². The van der Waals surface area contributed by atoms with E-state index in [9.17, 15) is 4.79 Å². The van der Waals surface area contributed by atoms with E-state index in [4.69, 9.17) is 0 Å². The summed E-state index contributed by atoms with van der Waals surface area (Å²) in [6.07, 6.45) is 1.92. The molecule has 0 aromatic heterocycles. The Morgan fingerprint density at radius 3 is 2.64 bits per heavy atom. The Bertz CT molecular complexity index is 320. The van der Waals surface area contributed by atoms with Gasteiger partial charge in [0.2, 0.25) is 5.91 Å². The lowest BCUT2D eigenvalue weighted by Gasteiger charge is -2.09. The SMILES string of the molecule is CC1CC(Cc2ccccc2)NC1=O. The van der Waals surface area contributed by atoms with Crippen LogP contribution in [0.4, 0.5) is 0 Å². The van der Waals surface area contributed by atoms with E-state index in [0.29, 0.717) is 6.04 Å². The van der Waals surface area contributed by atoms with Gasteiger partial charge in [0.1, 0.15) is 0 Å². The van der Waals surface area contributed by atoms with Crippen molar-refractivity contribution < 1.29 is 4.79 Å². The number of nitrogens with one attached hydrogen (secondary N) is 1. The van der Waals surface area contributed by atoms with Gasteiger partial charge in [0.25, 0.3) is 0 Å². The van der Waals surface area contributed by atoms with Crippen molar-refractivity contribution in [1.82, 2.24) is 5.32 Å². The second-order valence-corrected chi connectivity index (χ2v) is 4.03. The molecule has 2 rings (SSSR count). The lowest BCUT2D eigenvalue weighted by Crippen LogP contribution is -2.27. The van der Waals surface area contributed by atoms with Crippen molar-refractivity contribution in [2.24, 2.45) is 5.92 Å². The van der Waals surface area contributed by atoms with Crippen molar-refractivity contribution >= 4 is 5.91 Å². The van der Waals surface area contributed by atoms with E-state index in [1.54, 1.807) is 0 Å². The Hall–Kier alpha value is -1.31. The van der Waals surface area contributed by atoms with Crippen LogP contribution in [-0.4, -0.2) is 11.9 Å². The number of hydrogen-bond acceptors (Lipinski definition) is 1. The standard InChI is InChI=1S/C12H15NO/c1-9-7-11(13-12(9)14)8-10-5-3-2-4-6-10/h2-6,9,11H,7-8H2,1H3,(H,13,14). The second kappa shape index (κ2) is 3.82. The van der Waals surface area contributed by atoms with E-state index in [-0.39, 0.29) is 11.8 Å². The largest absolute Gasteiger partial charge is 0.353 e. The average Bonchev–Trinajstić information content (AvgIpc) is 2.47. The van der Waals surface area contributed by atoms with Crippen molar-refractivity contribution in [3.05, 3.63) is 35.9 Å². The molecule has 2 heteroatoms. The second-order valence-electron chi connectivity index (χ2n) is 4.03. The first kappa shape index (κ1) is 9.25. The first-order chi connectivity index (χ1) is 6.75. The minimum atomic E-state index is 0.184. The molecular weight excluding hydrogens is 174 g/mol. The molecule has 74 valence electrons. The summed E-state index contributed by atoms with van der Waals surface area (Å²) in [5.74, 6) is 0.384. The quantitative estimate of drug-likeness (QED) is 0.754. The molecule has 1 aliphatic rings. The number of carbonyl (C=O) groups excluding carboxylic acids is 1. The molecule has 1 fully saturated rings. The smallest absolute Gasteiger partial charge is 0.223 e. The third-order valence-corrected chi connectivity index (χ3v) is 2.76. The summed E-state index contributed by atoms with van der Waals surface area (Å²) in [7, 11) is 0. The summed E-state index contributed by atoms with van der Waals surface area (Å²) in [5, 5.41) is 3.01. The number of amides is 1. The molecule has 0 saturated carbocycles. The highest BCUT2D eigenvalue weighted by Gasteiger charge is 2.27. The fraction of sp³-hybridized carbons (Fsp3) is 0.417. The lowest BCUT2D eigenvalue weighted by molar-refractivity contribution is -0.122. The summed E-state index contributed by atoms with van der Waals surface area (Å²) < 4.78 is 0. The number of rotatable bonds is 2. The third kappa shape index (κ3) is 1.95. The molecule has 2 nitrogen and oxygen atoms in total. The molecule has 0 aliphatic carbocycles. The maximum absolute atomic E-state index is 11.3. The van der Waals surface area contributed by atoms with E-state index in [2.05, 4.69) is 17.4 Å². The molecule has 1 heterocycles. The average molecular weight is 189 g/mol. The molecule has 1 N–H and O–H groups in total. The molecule has 0 spiro atoms. The van der Waals surface area contributed by atoms with E-state index < -0.39 is 0 Å². The van der Waals surface area contributed by atoms with E-state index in [0.717, 1.165) is 12.8 Å². The molecule has 0 bridgehead atoms. The highest BCUT2D eigenvalue weighted by atomic mass is 16.2. The summed E-state index contributed by atoms with van der Waals surface area (Å²) in [5.41, 5.74) is 1.30. The van der Waals surface area contributed by atoms with Crippen molar-refractivity contribution in [3.8, 4) is 0 Å². The van der Waals surface area contributed by atoms with Crippen LogP contribution in [0.15, 0.2) is 30.3 Å². The number of carbonyl (C=O) groups is 1. The number of benzene rings is 1. The van der Waals surface area contributed by atoms with Gasteiger partial charge in [-0.3, -0.25) is 4.79 Å². The monoisotopic (exact) mass is 189 g/mol. The van der Waals surface area contributed by atoms with Gasteiger partial charge in [-0.15, -0.1) is 0 Å². The minimum absolute atomic E-state index is 0.184. The molecule has 1 aromatic rings. The van der Waals surface area contributed by atoms with Crippen LogP contribution in [-0.2, 0) is 11.2 Å². The van der Waals surface area contributed by atoms with Gasteiger partial charge < -0.3 is 5.32 Å². The molecule has 1 amide bonds. The number of hydrogen-bond donors (Lipinski definition) is 1. The fourth-order valence-corrected chi connectivity index (χ4v) is 1.97. The Morgan fingerprint density at radius 2 is 2.07 bits per heavy atom.